The lowest BCUT2D eigenvalue weighted by Crippen LogP contribution is -2.32. The predicted molar refractivity (Wildman–Crippen MR) is 69.6 cm³/mol. The van der Waals surface area contributed by atoms with Crippen LogP contribution in [0.3, 0.4) is 0 Å². The molecule has 0 amide bonds. The summed E-state index contributed by atoms with van der Waals surface area (Å²) in [5.74, 6) is -0.856. The fraction of sp³-hybridized carbons (Fsp3) is 0.333. The summed E-state index contributed by atoms with van der Waals surface area (Å²) in [6, 6.07) is 6.73. The minimum absolute atomic E-state index is 0.0185. The highest BCUT2D eigenvalue weighted by Crippen LogP contribution is 2.16. The van der Waals surface area contributed by atoms with Crippen molar-refractivity contribution < 1.29 is 23.1 Å². The molecule has 0 aliphatic carbocycles. The van der Waals surface area contributed by atoms with Crippen LogP contribution in [0.25, 0.3) is 0 Å². The van der Waals surface area contributed by atoms with Crippen molar-refractivity contribution in [3.63, 3.8) is 0 Å². The number of hydrogen-bond donors (Lipinski definition) is 2. The number of nitriles is 1. The van der Waals surface area contributed by atoms with E-state index in [1.807, 2.05) is 6.07 Å². The van der Waals surface area contributed by atoms with Crippen molar-refractivity contribution in [2.45, 2.75) is 24.3 Å². The largest absolute Gasteiger partial charge is 0.482 e. The zero-order chi connectivity index (χ0) is 15.2. The van der Waals surface area contributed by atoms with E-state index >= 15 is 0 Å². The zero-order valence-corrected chi connectivity index (χ0v) is 11.6. The Morgan fingerprint density at radius 2 is 2.05 bits per heavy atom. The van der Waals surface area contributed by atoms with E-state index in [1.165, 1.54) is 24.3 Å². The van der Waals surface area contributed by atoms with Gasteiger partial charge in [-0.2, -0.15) is 5.26 Å². The van der Waals surface area contributed by atoms with Crippen molar-refractivity contribution in [2.24, 2.45) is 0 Å². The van der Waals surface area contributed by atoms with E-state index < -0.39 is 28.6 Å². The molecule has 0 aliphatic rings. The lowest BCUT2D eigenvalue weighted by atomic mass is 10.3. The minimum atomic E-state index is -3.70. The van der Waals surface area contributed by atoms with Crippen molar-refractivity contribution in [3.05, 3.63) is 24.3 Å². The van der Waals surface area contributed by atoms with Gasteiger partial charge in [-0.1, -0.05) is 0 Å². The Morgan fingerprint density at radius 1 is 1.45 bits per heavy atom. The molecule has 108 valence electrons. The van der Waals surface area contributed by atoms with Gasteiger partial charge in [-0.3, -0.25) is 0 Å². The molecule has 1 atom stereocenters. The highest BCUT2D eigenvalue weighted by atomic mass is 32.2. The normalized spacial score (nSPS) is 12.4. The fourth-order valence-electron chi connectivity index (χ4n) is 1.37. The Kier molecular flexibility index (Phi) is 5.49. The number of nitrogens with zero attached hydrogens (tertiary/aromatic N) is 1. The Labute approximate surface area is 116 Å². The van der Waals surface area contributed by atoms with Crippen molar-refractivity contribution >= 4 is 16.0 Å². The van der Waals surface area contributed by atoms with Crippen LogP contribution in [0.2, 0.25) is 0 Å². The maximum absolute atomic E-state index is 11.9. The predicted octanol–water partition coefficient (Wildman–Crippen LogP) is 0.730. The third-order valence-electron chi connectivity index (χ3n) is 2.25. The molecule has 0 aromatic heterocycles. The van der Waals surface area contributed by atoms with Gasteiger partial charge in [0.1, 0.15) is 5.75 Å². The second kappa shape index (κ2) is 6.88. The summed E-state index contributed by atoms with van der Waals surface area (Å²) in [7, 11) is -3.70. The second-order valence-electron chi connectivity index (χ2n) is 4.04. The fourth-order valence-corrected chi connectivity index (χ4v) is 2.62. The van der Waals surface area contributed by atoms with Gasteiger partial charge in [0.25, 0.3) is 0 Å². The first-order valence-electron chi connectivity index (χ1n) is 5.69. The number of hydrogen-bond acceptors (Lipinski definition) is 5. The van der Waals surface area contributed by atoms with Gasteiger partial charge in [0.05, 0.1) is 17.4 Å². The molecule has 8 heteroatoms. The summed E-state index contributed by atoms with van der Waals surface area (Å²) in [6.07, 6.45) is 0.0685. The molecule has 0 saturated heterocycles. The quantitative estimate of drug-likeness (QED) is 0.766. The average molecular weight is 298 g/mol. The van der Waals surface area contributed by atoms with Gasteiger partial charge in [-0.15, -0.1) is 0 Å². The Balaban J connectivity index is 2.77. The van der Waals surface area contributed by atoms with Gasteiger partial charge in [0.2, 0.25) is 10.0 Å². The molecular weight excluding hydrogens is 284 g/mol. The van der Waals surface area contributed by atoms with Gasteiger partial charge in [-0.25, -0.2) is 17.9 Å². The molecule has 0 bridgehead atoms. The van der Waals surface area contributed by atoms with Crippen LogP contribution in [0.1, 0.15) is 13.3 Å². The Morgan fingerprint density at radius 3 is 2.55 bits per heavy atom. The molecule has 1 unspecified atom stereocenters. The summed E-state index contributed by atoms with van der Waals surface area (Å²) in [4.78, 5) is 10.3. The van der Waals surface area contributed by atoms with Gasteiger partial charge in [-0.05, 0) is 31.2 Å². The summed E-state index contributed by atoms with van der Waals surface area (Å²) in [5, 5.41) is 16.9. The Hall–Kier alpha value is -2.11. The lowest BCUT2D eigenvalue weighted by molar-refractivity contribution is -0.139. The highest BCUT2D eigenvalue weighted by Gasteiger charge is 2.17. The van der Waals surface area contributed by atoms with Gasteiger partial charge in [0.15, 0.2) is 6.61 Å². The molecule has 1 aromatic carbocycles. The van der Waals surface area contributed by atoms with Crippen LogP contribution in [0.4, 0.5) is 0 Å². The summed E-state index contributed by atoms with van der Waals surface area (Å²) in [5.41, 5.74) is 0. The van der Waals surface area contributed by atoms with Crippen LogP contribution in [0, 0.1) is 11.3 Å². The zero-order valence-electron chi connectivity index (χ0n) is 10.7. The van der Waals surface area contributed by atoms with Crippen LogP contribution in [-0.4, -0.2) is 32.1 Å². The first kappa shape index (κ1) is 15.9. The van der Waals surface area contributed by atoms with Crippen molar-refractivity contribution in [1.29, 1.82) is 5.26 Å². The number of rotatable bonds is 7. The minimum Gasteiger partial charge on any atom is -0.482 e. The summed E-state index contributed by atoms with van der Waals surface area (Å²) >= 11 is 0. The SMILES string of the molecule is CC(CC#N)NS(=O)(=O)c1ccc(OCC(=O)O)cc1. The number of carboxylic acids is 1. The van der Waals surface area contributed by atoms with Crippen molar-refractivity contribution in [3.8, 4) is 11.8 Å². The molecule has 1 aromatic rings. The third kappa shape index (κ3) is 4.87. The Bertz CT molecular complexity index is 604. The number of ether oxygens (including phenoxy) is 1. The van der Waals surface area contributed by atoms with Crippen LogP contribution in [-0.2, 0) is 14.8 Å². The van der Waals surface area contributed by atoms with Crippen LogP contribution < -0.4 is 9.46 Å². The number of carbonyl (C=O) groups is 1. The van der Waals surface area contributed by atoms with E-state index in [2.05, 4.69) is 4.72 Å². The molecule has 1 rings (SSSR count). The summed E-state index contributed by atoms with van der Waals surface area (Å²) < 4.78 is 31.1. The van der Waals surface area contributed by atoms with Gasteiger partial charge < -0.3 is 9.84 Å². The molecule has 2 N–H and O–H groups in total. The number of sulfonamides is 1. The molecule has 0 radical (unpaired) electrons. The first-order chi connectivity index (χ1) is 9.35. The van der Waals surface area contributed by atoms with Gasteiger partial charge >= 0.3 is 5.97 Å². The standard InChI is InChI=1S/C12H14N2O5S/c1-9(6-7-13)14-20(17,18)11-4-2-10(3-5-11)19-8-12(15)16/h2-5,9,14H,6,8H2,1H3,(H,15,16). The number of aliphatic carboxylic acids is 1. The summed E-state index contributed by atoms with van der Waals surface area (Å²) in [6.45, 7) is 1.09. The van der Waals surface area contributed by atoms with Crippen molar-refractivity contribution in [1.82, 2.24) is 4.72 Å². The lowest BCUT2D eigenvalue weighted by Gasteiger charge is -2.11. The second-order valence-corrected chi connectivity index (χ2v) is 5.75. The molecule has 0 spiro atoms. The van der Waals surface area contributed by atoms with Crippen LogP contribution in [0.5, 0.6) is 5.75 Å². The smallest absolute Gasteiger partial charge is 0.341 e. The van der Waals surface area contributed by atoms with Gasteiger partial charge in [0, 0.05) is 6.04 Å². The topological polar surface area (TPSA) is 116 Å². The molecule has 0 heterocycles. The maximum atomic E-state index is 11.9. The average Bonchev–Trinajstić information content (AvgIpc) is 2.36. The molecule has 20 heavy (non-hydrogen) atoms. The first-order valence-corrected chi connectivity index (χ1v) is 7.17. The highest BCUT2D eigenvalue weighted by molar-refractivity contribution is 7.89. The number of carboxylic acid groups (broad SMARTS) is 1. The van der Waals surface area contributed by atoms with E-state index in [4.69, 9.17) is 15.1 Å². The van der Waals surface area contributed by atoms with E-state index in [1.54, 1.807) is 6.92 Å². The molecule has 0 aliphatic heterocycles. The number of nitrogens with one attached hydrogen (secondary N) is 1. The molecule has 7 nitrogen and oxygen atoms in total. The van der Waals surface area contributed by atoms with E-state index in [0.717, 1.165) is 0 Å². The third-order valence-corrected chi connectivity index (χ3v) is 3.86. The van der Waals surface area contributed by atoms with Crippen LogP contribution >= 0.6 is 0 Å². The molecule has 0 saturated carbocycles. The maximum Gasteiger partial charge on any atom is 0.341 e. The number of benzene rings is 1. The van der Waals surface area contributed by atoms with E-state index in [-0.39, 0.29) is 17.1 Å². The monoisotopic (exact) mass is 298 g/mol. The van der Waals surface area contributed by atoms with E-state index in [0.29, 0.717) is 0 Å². The molecular formula is C12H14N2O5S. The van der Waals surface area contributed by atoms with Crippen molar-refractivity contribution in [2.75, 3.05) is 6.61 Å². The molecule has 0 fully saturated rings. The van der Waals surface area contributed by atoms with Crippen LogP contribution in [0.15, 0.2) is 29.2 Å². The van der Waals surface area contributed by atoms with E-state index in [9.17, 15) is 13.2 Å².